The Hall–Kier alpha value is -3.19. The zero-order chi connectivity index (χ0) is 19.6. The van der Waals surface area contributed by atoms with E-state index in [-0.39, 0.29) is 30.8 Å². The first-order valence-electron chi connectivity index (χ1n) is 8.71. The lowest BCUT2D eigenvalue weighted by Crippen LogP contribution is -2.38. The number of anilines is 3. The second kappa shape index (κ2) is 10.1. The smallest absolute Gasteiger partial charge is 0.238 e. The Labute approximate surface area is 158 Å². The van der Waals surface area contributed by atoms with Crippen molar-refractivity contribution in [1.29, 1.82) is 0 Å². The summed E-state index contributed by atoms with van der Waals surface area (Å²) in [5.41, 5.74) is 2.01. The van der Waals surface area contributed by atoms with Crippen molar-refractivity contribution in [2.45, 2.75) is 13.8 Å². The molecule has 0 heterocycles. The van der Waals surface area contributed by atoms with Crippen LogP contribution in [0.25, 0.3) is 0 Å². The molecule has 0 atom stereocenters. The number of para-hydroxylation sites is 1. The van der Waals surface area contributed by atoms with Gasteiger partial charge in [0.05, 0.1) is 13.1 Å². The standard InChI is InChI=1S/C20H24N4O3/c1-3-24(13-19(26)22-16-7-5-4-6-8-16)14-20(27)23-18-11-9-17(10-12-18)21-15(2)25/h4-12H,3,13-14H2,1-2H3,(H,21,25)(H,22,26)(H,23,27). The van der Waals surface area contributed by atoms with E-state index in [4.69, 9.17) is 0 Å². The fourth-order valence-corrected chi connectivity index (χ4v) is 2.45. The number of benzene rings is 2. The highest BCUT2D eigenvalue weighted by Gasteiger charge is 2.13. The van der Waals surface area contributed by atoms with E-state index >= 15 is 0 Å². The van der Waals surface area contributed by atoms with Crippen molar-refractivity contribution in [1.82, 2.24) is 4.90 Å². The van der Waals surface area contributed by atoms with Crippen molar-refractivity contribution in [2.75, 3.05) is 35.6 Å². The molecule has 0 bridgehead atoms. The SMILES string of the molecule is CCN(CC(=O)Nc1ccccc1)CC(=O)Nc1ccc(NC(C)=O)cc1. The first-order valence-corrected chi connectivity index (χ1v) is 8.71. The molecule has 2 rings (SSSR count). The number of rotatable bonds is 8. The van der Waals surface area contributed by atoms with E-state index in [1.54, 1.807) is 29.2 Å². The zero-order valence-corrected chi connectivity index (χ0v) is 15.5. The van der Waals surface area contributed by atoms with E-state index in [0.717, 1.165) is 5.69 Å². The topological polar surface area (TPSA) is 90.5 Å². The van der Waals surface area contributed by atoms with Gasteiger partial charge in [0.2, 0.25) is 17.7 Å². The molecule has 0 saturated carbocycles. The van der Waals surface area contributed by atoms with Crippen LogP contribution in [0.4, 0.5) is 17.1 Å². The highest BCUT2D eigenvalue weighted by Crippen LogP contribution is 2.13. The van der Waals surface area contributed by atoms with Crippen LogP contribution in [0.2, 0.25) is 0 Å². The molecule has 2 aromatic rings. The number of carbonyl (C=O) groups excluding carboxylic acids is 3. The van der Waals surface area contributed by atoms with Crippen molar-refractivity contribution in [3.05, 3.63) is 54.6 Å². The van der Waals surface area contributed by atoms with Crippen molar-refractivity contribution in [3.63, 3.8) is 0 Å². The van der Waals surface area contributed by atoms with Crippen molar-refractivity contribution in [3.8, 4) is 0 Å². The van der Waals surface area contributed by atoms with Gasteiger partial charge in [-0.05, 0) is 42.9 Å². The molecule has 3 amide bonds. The summed E-state index contributed by atoms with van der Waals surface area (Å²) >= 11 is 0. The average Bonchev–Trinajstić information content (AvgIpc) is 2.63. The minimum atomic E-state index is -0.211. The zero-order valence-electron chi connectivity index (χ0n) is 15.5. The predicted octanol–water partition coefficient (Wildman–Crippen LogP) is 2.54. The van der Waals surface area contributed by atoms with E-state index < -0.39 is 0 Å². The maximum absolute atomic E-state index is 12.2. The number of nitrogens with zero attached hydrogens (tertiary/aromatic N) is 1. The Morgan fingerprint density at radius 2 is 1.19 bits per heavy atom. The number of hydrogen-bond acceptors (Lipinski definition) is 4. The van der Waals surface area contributed by atoms with Crippen molar-refractivity contribution < 1.29 is 14.4 Å². The van der Waals surface area contributed by atoms with Gasteiger partial charge in [-0.2, -0.15) is 0 Å². The molecular weight excluding hydrogens is 344 g/mol. The van der Waals surface area contributed by atoms with Crippen LogP contribution in [0.5, 0.6) is 0 Å². The molecular formula is C20H24N4O3. The fraction of sp³-hybridized carbons (Fsp3) is 0.250. The number of nitrogens with one attached hydrogen (secondary N) is 3. The molecule has 0 aliphatic carbocycles. The van der Waals surface area contributed by atoms with Crippen LogP contribution in [0.3, 0.4) is 0 Å². The molecule has 0 radical (unpaired) electrons. The third-order valence-corrected chi connectivity index (χ3v) is 3.73. The van der Waals surface area contributed by atoms with Crippen LogP contribution in [0.15, 0.2) is 54.6 Å². The molecule has 0 unspecified atom stereocenters. The van der Waals surface area contributed by atoms with Gasteiger partial charge in [0.25, 0.3) is 0 Å². The highest BCUT2D eigenvalue weighted by atomic mass is 16.2. The van der Waals surface area contributed by atoms with Gasteiger partial charge in [-0.1, -0.05) is 25.1 Å². The van der Waals surface area contributed by atoms with Crippen LogP contribution < -0.4 is 16.0 Å². The van der Waals surface area contributed by atoms with E-state index in [0.29, 0.717) is 17.9 Å². The molecule has 7 nitrogen and oxygen atoms in total. The molecule has 0 saturated heterocycles. The number of likely N-dealkylation sites (N-methyl/N-ethyl adjacent to an activating group) is 1. The van der Waals surface area contributed by atoms with Crippen LogP contribution in [0.1, 0.15) is 13.8 Å². The van der Waals surface area contributed by atoms with Gasteiger partial charge in [0.15, 0.2) is 0 Å². The molecule has 0 aromatic heterocycles. The van der Waals surface area contributed by atoms with Gasteiger partial charge >= 0.3 is 0 Å². The number of carbonyl (C=O) groups is 3. The van der Waals surface area contributed by atoms with E-state index in [1.165, 1.54) is 6.92 Å². The minimum absolute atomic E-state index is 0.103. The van der Waals surface area contributed by atoms with Gasteiger partial charge in [0, 0.05) is 24.0 Å². The average molecular weight is 368 g/mol. The third kappa shape index (κ3) is 7.29. The summed E-state index contributed by atoms with van der Waals surface area (Å²) in [6, 6.07) is 16.0. The Morgan fingerprint density at radius 3 is 1.63 bits per heavy atom. The summed E-state index contributed by atoms with van der Waals surface area (Å²) in [4.78, 5) is 37.1. The molecule has 0 aliphatic heterocycles. The third-order valence-electron chi connectivity index (χ3n) is 3.73. The summed E-state index contributed by atoms with van der Waals surface area (Å²) in [7, 11) is 0. The van der Waals surface area contributed by atoms with E-state index in [9.17, 15) is 14.4 Å². The Morgan fingerprint density at radius 1 is 0.741 bits per heavy atom. The molecule has 0 aliphatic rings. The summed E-state index contributed by atoms with van der Waals surface area (Å²) < 4.78 is 0. The summed E-state index contributed by atoms with van der Waals surface area (Å²) in [6.45, 7) is 4.12. The highest BCUT2D eigenvalue weighted by molar-refractivity contribution is 5.95. The predicted molar refractivity (Wildman–Crippen MR) is 107 cm³/mol. The summed E-state index contributed by atoms with van der Waals surface area (Å²) in [5.74, 6) is -0.536. The Balaban J connectivity index is 1.83. The second-order valence-electron chi connectivity index (χ2n) is 6.02. The molecule has 0 fully saturated rings. The largest absolute Gasteiger partial charge is 0.326 e. The maximum atomic E-state index is 12.2. The Kier molecular flexibility index (Phi) is 7.51. The molecule has 0 spiro atoms. The van der Waals surface area contributed by atoms with Gasteiger partial charge in [-0.25, -0.2) is 0 Å². The first kappa shape index (κ1) is 20.1. The summed E-state index contributed by atoms with van der Waals surface area (Å²) in [5, 5.41) is 8.25. The van der Waals surface area contributed by atoms with E-state index in [1.807, 2.05) is 37.3 Å². The lowest BCUT2D eigenvalue weighted by atomic mass is 10.2. The number of amides is 3. The quantitative estimate of drug-likeness (QED) is 0.668. The van der Waals surface area contributed by atoms with Gasteiger partial charge in [-0.15, -0.1) is 0 Å². The first-order chi connectivity index (χ1) is 13.0. The van der Waals surface area contributed by atoms with Gasteiger partial charge in [-0.3, -0.25) is 19.3 Å². The van der Waals surface area contributed by atoms with Crippen LogP contribution in [-0.2, 0) is 14.4 Å². The number of hydrogen-bond donors (Lipinski definition) is 3. The van der Waals surface area contributed by atoms with Crippen molar-refractivity contribution >= 4 is 34.8 Å². The van der Waals surface area contributed by atoms with Gasteiger partial charge in [0.1, 0.15) is 0 Å². The minimum Gasteiger partial charge on any atom is -0.326 e. The normalized spacial score (nSPS) is 10.3. The maximum Gasteiger partial charge on any atom is 0.238 e. The Bertz CT molecular complexity index is 776. The molecule has 27 heavy (non-hydrogen) atoms. The lowest BCUT2D eigenvalue weighted by molar-refractivity contribution is -0.120. The fourth-order valence-electron chi connectivity index (χ4n) is 2.45. The summed E-state index contributed by atoms with van der Waals surface area (Å²) in [6.07, 6.45) is 0. The molecule has 142 valence electrons. The molecule has 2 aromatic carbocycles. The molecule has 7 heteroatoms. The van der Waals surface area contributed by atoms with Gasteiger partial charge < -0.3 is 16.0 Å². The van der Waals surface area contributed by atoms with Crippen LogP contribution in [-0.4, -0.2) is 42.3 Å². The monoisotopic (exact) mass is 368 g/mol. The van der Waals surface area contributed by atoms with Crippen LogP contribution in [0, 0.1) is 0 Å². The van der Waals surface area contributed by atoms with Crippen LogP contribution >= 0.6 is 0 Å². The van der Waals surface area contributed by atoms with E-state index in [2.05, 4.69) is 16.0 Å². The lowest BCUT2D eigenvalue weighted by Gasteiger charge is -2.19. The second-order valence-corrected chi connectivity index (χ2v) is 6.02. The molecule has 3 N–H and O–H groups in total. The van der Waals surface area contributed by atoms with Crippen molar-refractivity contribution in [2.24, 2.45) is 0 Å².